The van der Waals surface area contributed by atoms with Gasteiger partial charge >= 0.3 is 0 Å². The summed E-state index contributed by atoms with van der Waals surface area (Å²) in [6, 6.07) is 14.6. The topological polar surface area (TPSA) is 30.9 Å². The average molecular weight is 250 g/mol. The van der Waals surface area contributed by atoms with Crippen LogP contribution in [0.4, 0.5) is 5.69 Å². The van der Waals surface area contributed by atoms with E-state index in [1.165, 1.54) is 27.6 Å². The van der Waals surface area contributed by atoms with Gasteiger partial charge in [-0.3, -0.25) is 0 Å². The number of hydrogen-bond acceptors (Lipinski definition) is 1. The minimum Gasteiger partial charge on any atom is -0.398 e. The molecule has 0 amide bonds. The number of nitrogens with zero attached hydrogens (tertiary/aromatic N) is 1. The van der Waals surface area contributed by atoms with E-state index in [0.29, 0.717) is 0 Å². The van der Waals surface area contributed by atoms with E-state index in [9.17, 15) is 0 Å². The van der Waals surface area contributed by atoms with Gasteiger partial charge in [-0.2, -0.15) is 0 Å². The Morgan fingerprint density at radius 2 is 1.79 bits per heavy atom. The molecular formula is C17H18N2. The van der Waals surface area contributed by atoms with Crippen LogP contribution in [0.3, 0.4) is 0 Å². The van der Waals surface area contributed by atoms with Gasteiger partial charge in [0, 0.05) is 30.7 Å². The van der Waals surface area contributed by atoms with E-state index in [0.717, 1.165) is 12.1 Å². The van der Waals surface area contributed by atoms with Crippen molar-refractivity contribution in [3.63, 3.8) is 0 Å². The lowest BCUT2D eigenvalue weighted by atomic mass is 10.0. The molecule has 1 aromatic heterocycles. The van der Waals surface area contributed by atoms with E-state index in [4.69, 9.17) is 5.73 Å². The Bertz CT molecular complexity index is 738. The van der Waals surface area contributed by atoms with E-state index in [1.807, 2.05) is 18.2 Å². The van der Waals surface area contributed by atoms with Gasteiger partial charge < -0.3 is 10.3 Å². The zero-order chi connectivity index (χ0) is 13.4. The summed E-state index contributed by atoms with van der Waals surface area (Å²) < 4.78 is 2.21. The number of fused-ring (bicyclic) bond motifs is 1. The second-order valence-corrected chi connectivity index (χ2v) is 5.11. The molecule has 0 aliphatic heterocycles. The van der Waals surface area contributed by atoms with Gasteiger partial charge in [-0.25, -0.2) is 0 Å². The molecule has 0 spiro atoms. The molecule has 0 saturated heterocycles. The van der Waals surface area contributed by atoms with Gasteiger partial charge in [0.05, 0.1) is 5.52 Å². The van der Waals surface area contributed by atoms with Crippen LogP contribution >= 0.6 is 0 Å². The molecule has 96 valence electrons. The maximum Gasteiger partial charge on any atom is 0.0510 e. The van der Waals surface area contributed by atoms with Crippen molar-refractivity contribution < 1.29 is 0 Å². The highest BCUT2D eigenvalue weighted by Crippen LogP contribution is 2.26. The first-order valence-electron chi connectivity index (χ1n) is 6.53. The predicted molar refractivity (Wildman–Crippen MR) is 81.3 cm³/mol. The van der Waals surface area contributed by atoms with Crippen molar-refractivity contribution in [3.05, 3.63) is 65.4 Å². The monoisotopic (exact) mass is 250 g/mol. The molecule has 0 aliphatic rings. The van der Waals surface area contributed by atoms with E-state index >= 15 is 0 Å². The summed E-state index contributed by atoms with van der Waals surface area (Å²) in [4.78, 5) is 0. The number of aryl methyl sites for hydroxylation is 2. The number of nitrogens with two attached hydrogens (primary N) is 1. The normalized spacial score (nSPS) is 11.1. The molecule has 0 unspecified atom stereocenters. The summed E-state index contributed by atoms with van der Waals surface area (Å²) in [6.45, 7) is 2.16. The number of aromatic nitrogens is 1. The fourth-order valence-corrected chi connectivity index (χ4v) is 2.80. The molecule has 2 heteroatoms. The van der Waals surface area contributed by atoms with Crippen molar-refractivity contribution in [1.29, 1.82) is 0 Å². The molecular weight excluding hydrogens is 232 g/mol. The van der Waals surface area contributed by atoms with Crippen LogP contribution in [0.5, 0.6) is 0 Å². The smallest absolute Gasteiger partial charge is 0.0510 e. The maximum atomic E-state index is 6.04. The molecule has 0 radical (unpaired) electrons. The lowest BCUT2D eigenvalue weighted by molar-refractivity contribution is 0.954. The zero-order valence-corrected chi connectivity index (χ0v) is 11.4. The number of nitrogen functional groups attached to an aromatic ring is 1. The maximum absolute atomic E-state index is 6.04. The molecule has 19 heavy (non-hydrogen) atoms. The van der Waals surface area contributed by atoms with E-state index in [-0.39, 0.29) is 0 Å². The first kappa shape index (κ1) is 11.8. The van der Waals surface area contributed by atoms with Crippen LogP contribution in [0, 0.1) is 6.92 Å². The second-order valence-electron chi connectivity index (χ2n) is 5.11. The number of para-hydroxylation sites is 2. The van der Waals surface area contributed by atoms with Crippen LogP contribution in [-0.2, 0) is 13.5 Å². The molecule has 0 aliphatic carbocycles. The molecule has 3 aromatic rings. The highest BCUT2D eigenvalue weighted by atomic mass is 14.9. The summed E-state index contributed by atoms with van der Waals surface area (Å²) in [5.74, 6) is 0. The first-order chi connectivity index (χ1) is 9.16. The van der Waals surface area contributed by atoms with Gasteiger partial charge in [0.25, 0.3) is 0 Å². The summed E-state index contributed by atoms with van der Waals surface area (Å²) in [6.07, 6.45) is 3.09. The molecule has 0 saturated carbocycles. The third-order valence-corrected chi connectivity index (χ3v) is 3.72. The van der Waals surface area contributed by atoms with Crippen molar-refractivity contribution in [2.45, 2.75) is 13.3 Å². The molecule has 0 fully saturated rings. The molecule has 2 aromatic carbocycles. The van der Waals surface area contributed by atoms with Gasteiger partial charge in [0.1, 0.15) is 0 Å². The Labute approximate surface area is 113 Å². The van der Waals surface area contributed by atoms with Crippen LogP contribution in [0.1, 0.15) is 16.7 Å². The fourth-order valence-electron chi connectivity index (χ4n) is 2.80. The fraction of sp³-hybridized carbons (Fsp3) is 0.176. The lowest BCUT2D eigenvalue weighted by Gasteiger charge is -2.04. The Kier molecular flexibility index (Phi) is 2.79. The van der Waals surface area contributed by atoms with E-state index in [2.05, 4.69) is 49.0 Å². The third-order valence-electron chi connectivity index (χ3n) is 3.72. The first-order valence-corrected chi connectivity index (χ1v) is 6.53. The molecule has 3 rings (SSSR count). The number of hydrogen-bond donors (Lipinski definition) is 1. The Morgan fingerprint density at radius 3 is 2.58 bits per heavy atom. The number of anilines is 1. The van der Waals surface area contributed by atoms with E-state index in [1.54, 1.807) is 0 Å². The van der Waals surface area contributed by atoms with Crippen LogP contribution in [0.25, 0.3) is 10.9 Å². The molecule has 1 heterocycles. The Hall–Kier alpha value is -2.22. The van der Waals surface area contributed by atoms with Crippen molar-refractivity contribution in [3.8, 4) is 0 Å². The quantitative estimate of drug-likeness (QED) is 0.691. The van der Waals surface area contributed by atoms with Crippen molar-refractivity contribution >= 4 is 16.6 Å². The van der Waals surface area contributed by atoms with Crippen LogP contribution < -0.4 is 5.73 Å². The third kappa shape index (κ3) is 1.99. The second kappa shape index (κ2) is 4.47. The summed E-state index contributed by atoms with van der Waals surface area (Å²) in [5.41, 5.74) is 12.1. The molecule has 2 nitrogen and oxygen atoms in total. The largest absolute Gasteiger partial charge is 0.398 e. The van der Waals surface area contributed by atoms with Gasteiger partial charge in [-0.15, -0.1) is 0 Å². The Morgan fingerprint density at radius 1 is 1.00 bits per heavy atom. The summed E-state index contributed by atoms with van der Waals surface area (Å²) in [7, 11) is 2.10. The van der Waals surface area contributed by atoms with Crippen LogP contribution in [0.15, 0.2) is 48.7 Å². The molecule has 0 atom stereocenters. The van der Waals surface area contributed by atoms with Crippen LogP contribution in [0.2, 0.25) is 0 Å². The van der Waals surface area contributed by atoms with Gasteiger partial charge in [0.2, 0.25) is 0 Å². The SMILES string of the molecule is Cc1cccc2c(Cc3ccccc3N)cn(C)c12. The van der Waals surface area contributed by atoms with Crippen molar-refractivity contribution in [2.24, 2.45) is 7.05 Å². The van der Waals surface area contributed by atoms with Gasteiger partial charge in [-0.05, 0) is 29.7 Å². The predicted octanol–water partition coefficient (Wildman–Crippen LogP) is 3.66. The van der Waals surface area contributed by atoms with Gasteiger partial charge in [0.15, 0.2) is 0 Å². The minimum atomic E-state index is 0.868. The van der Waals surface area contributed by atoms with Crippen molar-refractivity contribution in [1.82, 2.24) is 4.57 Å². The minimum absolute atomic E-state index is 0.868. The van der Waals surface area contributed by atoms with Crippen LogP contribution in [-0.4, -0.2) is 4.57 Å². The highest BCUT2D eigenvalue weighted by Gasteiger charge is 2.09. The highest BCUT2D eigenvalue weighted by molar-refractivity contribution is 5.87. The van der Waals surface area contributed by atoms with Gasteiger partial charge in [-0.1, -0.05) is 36.4 Å². The standard InChI is InChI=1S/C17H18N2/c1-12-6-5-8-15-14(11-19(2)17(12)15)10-13-7-3-4-9-16(13)18/h3-9,11H,10,18H2,1-2H3. The van der Waals surface area contributed by atoms with E-state index < -0.39 is 0 Å². The molecule has 0 bridgehead atoms. The van der Waals surface area contributed by atoms with Crippen molar-refractivity contribution in [2.75, 3.05) is 5.73 Å². The summed E-state index contributed by atoms with van der Waals surface area (Å²) in [5, 5.41) is 1.32. The lowest BCUT2D eigenvalue weighted by Crippen LogP contribution is -1.94. The number of rotatable bonds is 2. The number of benzene rings is 2. The molecule has 2 N–H and O–H groups in total. The summed E-state index contributed by atoms with van der Waals surface area (Å²) >= 11 is 0. The Balaban J connectivity index is 2.12. The average Bonchev–Trinajstić information content (AvgIpc) is 2.71. The zero-order valence-electron chi connectivity index (χ0n) is 11.4.